The summed E-state index contributed by atoms with van der Waals surface area (Å²) in [5, 5.41) is 0. The molecule has 0 amide bonds. The summed E-state index contributed by atoms with van der Waals surface area (Å²) >= 11 is 0. The average Bonchev–Trinajstić information content (AvgIpc) is 2.22. The second-order valence-corrected chi connectivity index (χ2v) is 4.68. The van der Waals surface area contributed by atoms with E-state index in [-0.39, 0.29) is 0 Å². The summed E-state index contributed by atoms with van der Waals surface area (Å²) in [6.07, 6.45) is 6.73. The van der Waals surface area contributed by atoms with Gasteiger partial charge in [0.05, 0.1) is 0 Å². The van der Waals surface area contributed by atoms with Crippen LogP contribution in [0.4, 0.5) is 0 Å². The van der Waals surface area contributed by atoms with E-state index in [0.717, 1.165) is 18.5 Å². The third kappa shape index (κ3) is 3.58. The van der Waals surface area contributed by atoms with Crippen molar-refractivity contribution in [3.63, 3.8) is 0 Å². The second kappa shape index (κ2) is 6.41. The Kier molecular flexibility index (Phi) is 5.49. The predicted octanol–water partition coefficient (Wildman–Crippen LogP) is 2.24. The lowest BCUT2D eigenvalue weighted by atomic mass is 9.99. The highest BCUT2D eigenvalue weighted by atomic mass is 15.2. The third-order valence-electron chi connectivity index (χ3n) is 3.68. The first-order valence-corrected chi connectivity index (χ1v) is 6.22. The first kappa shape index (κ1) is 12.0. The highest BCUT2D eigenvalue weighted by Gasteiger charge is 2.18. The standard InChI is InChI=1S/C12H26N2/c1-3-12(10-13)7-9-14-8-5-4-6-11(14)2/h11-12H,3-10,13H2,1-2H3. The second-order valence-electron chi connectivity index (χ2n) is 4.68. The maximum Gasteiger partial charge on any atom is 0.00669 e. The van der Waals surface area contributed by atoms with Crippen molar-refractivity contribution in [2.75, 3.05) is 19.6 Å². The fraction of sp³-hybridized carbons (Fsp3) is 1.00. The van der Waals surface area contributed by atoms with Gasteiger partial charge in [0, 0.05) is 6.04 Å². The van der Waals surface area contributed by atoms with Crippen LogP contribution in [-0.2, 0) is 0 Å². The van der Waals surface area contributed by atoms with E-state index in [2.05, 4.69) is 18.7 Å². The molecule has 2 atom stereocenters. The minimum Gasteiger partial charge on any atom is -0.330 e. The maximum atomic E-state index is 5.72. The van der Waals surface area contributed by atoms with Gasteiger partial charge in [0.1, 0.15) is 0 Å². The maximum absolute atomic E-state index is 5.72. The molecule has 2 nitrogen and oxygen atoms in total. The molecule has 0 spiro atoms. The molecule has 2 unspecified atom stereocenters. The van der Waals surface area contributed by atoms with Crippen LogP contribution >= 0.6 is 0 Å². The van der Waals surface area contributed by atoms with E-state index in [9.17, 15) is 0 Å². The number of hydrogen-bond donors (Lipinski definition) is 1. The zero-order valence-electron chi connectivity index (χ0n) is 9.84. The molecule has 2 heteroatoms. The SMILES string of the molecule is CCC(CN)CCN1CCCCC1C. The summed E-state index contributed by atoms with van der Waals surface area (Å²) in [5.41, 5.74) is 5.72. The Hall–Kier alpha value is -0.0800. The van der Waals surface area contributed by atoms with Gasteiger partial charge < -0.3 is 10.6 Å². The molecule has 14 heavy (non-hydrogen) atoms. The normalized spacial score (nSPS) is 26.4. The lowest BCUT2D eigenvalue weighted by molar-refractivity contribution is 0.150. The van der Waals surface area contributed by atoms with E-state index in [1.54, 1.807) is 0 Å². The molecule has 0 radical (unpaired) electrons. The van der Waals surface area contributed by atoms with Crippen molar-refractivity contribution >= 4 is 0 Å². The fourth-order valence-electron chi connectivity index (χ4n) is 2.33. The van der Waals surface area contributed by atoms with Gasteiger partial charge in [0.15, 0.2) is 0 Å². The lowest BCUT2D eigenvalue weighted by Crippen LogP contribution is -2.39. The Morgan fingerprint density at radius 1 is 1.43 bits per heavy atom. The van der Waals surface area contributed by atoms with Crippen LogP contribution in [-0.4, -0.2) is 30.6 Å². The van der Waals surface area contributed by atoms with Gasteiger partial charge in [0.2, 0.25) is 0 Å². The molecule has 1 fully saturated rings. The highest BCUT2D eigenvalue weighted by Crippen LogP contribution is 2.18. The summed E-state index contributed by atoms with van der Waals surface area (Å²) in [5.74, 6) is 0.740. The van der Waals surface area contributed by atoms with Crippen molar-refractivity contribution in [2.24, 2.45) is 11.7 Å². The first-order valence-electron chi connectivity index (χ1n) is 6.22. The van der Waals surface area contributed by atoms with Crippen LogP contribution in [0.2, 0.25) is 0 Å². The Morgan fingerprint density at radius 3 is 2.79 bits per heavy atom. The van der Waals surface area contributed by atoms with Gasteiger partial charge in [-0.2, -0.15) is 0 Å². The summed E-state index contributed by atoms with van der Waals surface area (Å²) in [6.45, 7) is 8.04. The van der Waals surface area contributed by atoms with E-state index in [4.69, 9.17) is 5.73 Å². The molecule has 0 aromatic carbocycles. The molecule has 0 aromatic rings. The Balaban J connectivity index is 2.21. The molecule has 1 heterocycles. The van der Waals surface area contributed by atoms with Crippen LogP contribution in [0.3, 0.4) is 0 Å². The zero-order chi connectivity index (χ0) is 10.4. The number of hydrogen-bond acceptors (Lipinski definition) is 2. The smallest absolute Gasteiger partial charge is 0.00669 e. The van der Waals surface area contributed by atoms with Gasteiger partial charge in [-0.25, -0.2) is 0 Å². The molecule has 84 valence electrons. The summed E-state index contributed by atoms with van der Waals surface area (Å²) < 4.78 is 0. The van der Waals surface area contributed by atoms with Crippen molar-refractivity contribution in [2.45, 2.75) is 52.0 Å². The number of piperidine rings is 1. The molecule has 0 aliphatic carbocycles. The van der Waals surface area contributed by atoms with Gasteiger partial charge in [-0.15, -0.1) is 0 Å². The van der Waals surface area contributed by atoms with E-state index in [0.29, 0.717) is 0 Å². The highest BCUT2D eigenvalue weighted by molar-refractivity contribution is 4.74. The molecule has 2 N–H and O–H groups in total. The van der Waals surface area contributed by atoms with Gasteiger partial charge in [-0.05, 0) is 51.7 Å². The fourth-order valence-corrected chi connectivity index (χ4v) is 2.33. The molecule has 1 saturated heterocycles. The number of nitrogens with two attached hydrogens (primary N) is 1. The zero-order valence-corrected chi connectivity index (χ0v) is 9.84. The largest absolute Gasteiger partial charge is 0.330 e. The molecular formula is C12H26N2. The van der Waals surface area contributed by atoms with Crippen molar-refractivity contribution in [3.05, 3.63) is 0 Å². The third-order valence-corrected chi connectivity index (χ3v) is 3.68. The van der Waals surface area contributed by atoms with E-state index >= 15 is 0 Å². The van der Waals surface area contributed by atoms with Crippen LogP contribution < -0.4 is 5.73 Å². The van der Waals surface area contributed by atoms with Crippen LogP contribution in [0, 0.1) is 5.92 Å². The van der Waals surface area contributed by atoms with E-state index < -0.39 is 0 Å². The van der Waals surface area contributed by atoms with Gasteiger partial charge >= 0.3 is 0 Å². The van der Waals surface area contributed by atoms with Gasteiger partial charge in [-0.3, -0.25) is 0 Å². The number of likely N-dealkylation sites (tertiary alicyclic amines) is 1. The van der Waals surface area contributed by atoms with Gasteiger partial charge in [0.25, 0.3) is 0 Å². The van der Waals surface area contributed by atoms with Crippen molar-refractivity contribution in [1.29, 1.82) is 0 Å². The Labute approximate surface area is 88.8 Å². The lowest BCUT2D eigenvalue weighted by Gasteiger charge is -2.34. The average molecular weight is 198 g/mol. The van der Waals surface area contributed by atoms with Gasteiger partial charge in [-0.1, -0.05) is 19.8 Å². The summed E-state index contributed by atoms with van der Waals surface area (Å²) in [6, 6.07) is 0.805. The predicted molar refractivity (Wildman–Crippen MR) is 62.3 cm³/mol. The van der Waals surface area contributed by atoms with Crippen molar-refractivity contribution < 1.29 is 0 Å². The van der Waals surface area contributed by atoms with Crippen LogP contribution in [0.5, 0.6) is 0 Å². The first-order chi connectivity index (χ1) is 6.77. The van der Waals surface area contributed by atoms with E-state index in [1.165, 1.54) is 45.2 Å². The number of nitrogens with zero attached hydrogens (tertiary/aromatic N) is 1. The van der Waals surface area contributed by atoms with Crippen LogP contribution in [0.25, 0.3) is 0 Å². The summed E-state index contributed by atoms with van der Waals surface area (Å²) in [7, 11) is 0. The van der Waals surface area contributed by atoms with Crippen LogP contribution in [0.15, 0.2) is 0 Å². The Bertz CT molecular complexity index is 143. The van der Waals surface area contributed by atoms with Crippen molar-refractivity contribution in [1.82, 2.24) is 4.90 Å². The molecular weight excluding hydrogens is 172 g/mol. The minimum absolute atomic E-state index is 0.740. The molecule has 0 saturated carbocycles. The van der Waals surface area contributed by atoms with E-state index in [1.807, 2.05) is 0 Å². The molecule has 1 aliphatic heterocycles. The molecule has 1 aliphatic rings. The van der Waals surface area contributed by atoms with Crippen LogP contribution in [0.1, 0.15) is 46.0 Å². The molecule has 0 bridgehead atoms. The Morgan fingerprint density at radius 2 is 2.21 bits per heavy atom. The summed E-state index contributed by atoms with van der Waals surface area (Å²) in [4.78, 5) is 2.64. The quantitative estimate of drug-likeness (QED) is 0.734. The topological polar surface area (TPSA) is 29.3 Å². The number of rotatable bonds is 5. The minimum atomic E-state index is 0.740. The molecule has 1 rings (SSSR count). The molecule has 0 aromatic heterocycles. The van der Waals surface area contributed by atoms with Crippen molar-refractivity contribution in [3.8, 4) is 0 Å². The monoisotopic (exact) mass is 198 g/mol.